The number of rotatable bonds is 9. The number of nitrogens with zero attached hydrogens (tertiary/aromatic N) is 2. The van der Waals surface area contributed by atoms with Gasteiger partial charge in [0.2, 0.25) is 11.8 Å². The summed E-state index contributed by atoms with van der Waals surface area (Å²) < 4.78 is 0. The number of halogens is 2. The summed E-state index contributed by atoms with van der Waals surface area (Å²) >= 11 is 12.7. The highest BCUT2D eigenvalue weighted by atomic mass is 35.5. The van der Waals surface area contributed by atoms with Crippen molar-refractivity contribution in [1.29, 1.82) is 0 Å². The molecule has 0 aromatic heterocycles. The average Bonchev–Trinajstić information content (AvgIpc) is 3.46. The second-order valence-corrected chi connectivity index (χ2v) is 10.1. The van der Waals surface area contributed by atoms with Crippen LogP contribution in [0.2, 0.25) is 10.0 Å². The van der Waals surface area contributed by atoms with Gasteiger partial charge in [0.15, 0.2) is 0 Å². The Morgan fingerprint density at radius 2 is 1.58 bits per heavy atom. The molecule has 0 unspecified atom stereocenters. The highest BCUT2D eigenvalue weighted by molar-refractivity contribution is 6.36. The standard InChI is InChI=1S/C27H29Cl2N3O4/c1-17(25(34)30-18-8-2-3-9-18)32(16-21-22(28)12-6-13-23(21)29)24(33)14-7-15-31-26(35)19-10-4-5-11-20(19)27(31)36/h4-6,10-13,17-18H,2-3,7-9,14-16H2,1H3,(H,30,34)/t17-/m1/s1. The maximum absolute atomic E-state index is 13.4. The highest BCUT2D eigenvalue weighted by Gasteiger charge is 2.35. The molecular formula is C27H29Cl2N3O4. The van der Waals surface area contributed by atoms with Gasteiger partial charge in [0.25, 0.3) is 11.8 Å². The molecule has 0 spiro atoms. The smallest absolute Gasteiger partial charge is 0.261 e. The van der Waals surface area contributed by atoms with Crippen LogP contribution in [-0.4, -0.2) is 52.1 Å². The molecule has 2 aliphatic rings. The normalized spacial score (nSPS) is 16.2. The predicted octanol–water partition coefficient (Wildman–Crippen LogP) is 4.85. The van der Waals surface area contributed by atoms with Gasteiger partial charge in [-0.2, -0.15) is 0 Å². The zero-order chi connectivity index (χ0) is 25.8. The lowest BCUT2D eigenvalue weighted by Gasteiger charge is -2.30. The molecule has 4 rings (SSSR count). The largest absolute Gasteiger partial charge is 0.352 e. The molecule has 1 fully saturated rings. The van der Waals surface area contributed by atoms with E-state index in [0.29, 0.717) is 26.7 Å². The van der Waals surface area contributed by atoms with Gasteiger partial charge in [0.05, 0.1) is 11.1 Å². The summed E-state index contributed by atoms with van der Waals surface area (Å²) in [4.78, 5) is 54.3. The zero-order valence-corrected chi connectivity index (χ0v) is 21.6. The first-order valence-electron chi connectivity index (χ1n) is 12.3. The minimum atomic E-state index is -0.746. The molecule has 0 bridgehead atoms. The van der Waals surface area contributed by atoms with Gasteiger partial charge >= 0.3 is 0 Å². The summed E-state index contributed by atoms with van der Waals surface area (Å²) in [5, 5.41) is 3.88. The molecule has 1 aliphatic carbocycles. The summed E-state index contributed by atoms with van der Waals surface area (Å²) in [6.45, 7) is 1.88. The van der Waals surface area contributed by atoms with Gasteiger partial charge in [-0.3, -0.25) is 24.1 Å². The van der Waals surface area contributed by atoms with Gasteiger partial charge in [0.1, 0.15) is 6.04 Å². The van der Waals surface area contributed by atoms with Crippen LogP contribution in [-0.2, 0) is 16.1 Å². The van der Waals surface area contributed by atoms with Crippen LogP contribution in [0, 0.1) is 0 Å². The Morgan fingerprint density at radius 1 is 1.00 bits per heavy atom. The summed E-state index contributed by atoms with van der Waals surface area (Å²) in [5.74, 6) is -1.21. The Bertz CT molecular complexity index is 1120. The van der Waals surface area contributed by atoms with E-state index in [1.54, 1.807) is 49.4 Å². The van der Waals surface area contributed by atoms with Crippen LogP contribution in [0.3, 0.4) is 0 Å². The zero-order valence-electron chi connectivity index (χ0n) is 20.1. The predicted molar refractivity (Wildman–Crippen MR) is 138 cm³/mol. The van der Waals surface area contributed by atoms with Crippen LogP contribution < -0.4 is 5.32 Å². The summed E-state index contributed by atoms with van der Waals surface area (Å²) in [5.41, 5.74) is 1.32. The van der Waals surface area contributed by atoms with Crippen molar-refractivity contribution in [3.8, 4) is 0 Å². The molecule has 2 aromatic carbocycles. The van der Waals surface area contributed by atoms with E-state index >= 15 is 0 Å². The minimum absolute atomic E-state index is 0.0521. The number of carbonyl (C=O) groups excluding carboxylic acids is 4. The van der Waals surface area contributed by atoms with Crippen molar-refractivity contribution in [2.45, 2.75) is 64.1 Å². The Labute approximate surface area is 220 Å². The lowest BCUT2D eigenvalue weighted by Crippen LogP contribution is -2.49. The molecule has 1 heterocycles. The topological polar surface area (TPSA) is 86.8 Å². The van der Waals surface area contributed by atoms with Crippen LogP contribution >= 0.6 is 23.2 Å². The van der Waals surface area contributed by atoms with Gasteiger partial charge in [-0.15, -0.1) is 0 Å². The summed E-state index contributed by atoms with van der Waals surface area (Å²) in [6, 6.07) is 11.2. The molecule has 1 atom stereocenters. The Morgan fingerprint density at radius 3 is 2.17 bits per heavy atom. The fourth-order valence-electron chi connectivity index (χ4n) is 4.80. The highest BCUT2D eigenvalue weighted by Crippen LogP contribution is 2.28. The molecule has 36 heavy (non-hydrogen) atoms. The molecular weight excluding hydrogens is 501 g/mol. The number of hydrogen-bond acceptors (Lipinski definition) is 4. The van der Waals surface area contributed by atoms with E-state index in [1.165, 1.54) is 9.80 Å². The quantitative estimate of drug-likeness (QED) is 0.470. The Balaban J connectivity index is 1.44. The fraction of sp³-hybridized carbons (Fsp3) is 0.407. The molecule has 4 amide bonds. The van der Waals surface area contributed by atoms with Gasteiger partial charge in [-0.25, -0.2) is 0 Å². The van der Waals surface area contributed by atoms with Gasteiger partial charge in [-0.1, -0.05) is 54.2 Å². The molecule has 7 nitrogen and oxygen atoms in total. The van der Waals surface area contributed by atoms with Crippen molar-refractivity contribution < 1.29 is 19.2 Å². The number of amides is 4. The van der Waals surface area contributed by atoms with Crippen LogP contribution in [0.15, 0.2) is 42.5 Å². The number of benzene rings is 2. The maximum atomic E-state index is 13.4. The van der Waals surface area contributed by atoms with E-state index in [9.17, 15) is 19.2 Å². The summed E-state index contributed by atoms with van der Waals surface area (Å²) in [6.07, 6.45) is 4.35. The molecule has 2 aromatic rings. The van der Waals surface area contributed by atoms with E-state index in [-0.39, 0.29) is 55.6 Å². The van der Waals surface area contributed by atoms with Crippen molar-refractivity contribution >= 4 is 46.8 Å². The Kier molecular flexibility index (Phi) is 8.32. The second kappa shape index (κ2) is 11.4. The molecule has 0 radical (unpaired) electrons. The lowest BCUT2D eigenvalue weighted by atomic mass is 10.1. The average molecular weight is 530 g/mol. The second-order valence-electron chi connectivity index (χ2n) is 9.30. The number of carbonyl (C=O) groups is 4. The van der Waals surface area contributed by atoms with E-state index in [0.717, 1.165) is 25.7 Å². The third-order valence-corrected chi connectivity index (χ3v) is 7.62. The van der Waals surface area contributed by atoms with E-state index < -0.39 is 6.04 Å². The van der Waals surface area contributed by atoms with Crippen molar-refractivity contribution in [1.82, 2.24) is 15.1 Å². The number of hydrogen-bond donors (Lipinski definition) is 1. The maximum Gasteiger partial charge on any atom is 0.261 e. The first-order chi connectivity index (χ1) is 17.3. The van der Waals surface area contributed by atoms with Crippen LogP contribution in [0.5, 0.6) is 0 Å². The third-order valence-electron chi connectivity index (χ3n) is 6.91. The third kappa shape index (κ3) is 5.57. The molecule has 1 N–H and O–H groups in total. The number of nitrogens with one attached hydrogen (secondary N) is 1. The van der Waals surface area contributed by atoms with Crippen molar-refractivity contribution in [2.75, 3.05) is 6.54 Å². The fourth-order valence-corrected chi connectivity index (χ4v) is 5.32. The summed E-state index contributed by atoms with van der Waals surface area (Å²) in [7, 11) is 0. The first kappa shape index (κ1) is 26.2. The van der Waals surface area contributed by atoms with Gasteiger partial charge in [-0.05, 0) is 50.5 Å². The number of fused-ring (bicyclic) bond motifs is 1. The van der Waals surface area contributed by atoms with Crippen molar-refractivity contribution in [2.24, 2.45) is 0 Å². The van der Waals surface area contributed by atoms with Crippen LogP contribution in [0.4, 0.5) is 0 Å². The molecule has 0 saturated heterocycles. The molecule has 9 heteroatoms. The van der Waals surface area contributed by atoms with Gasteiger partial charge < -0.3 is 10.2 Å². The van der Waals surface area contributed by atoms with Crippen LogP contribution in [0.25, 0.3) is 0 Å². The lowest BCUT2D eigenvalue weighted by molar-refractivity contribution is -0.141. The number of imide groups is 1. The van der Waals surface area contributed by atoms with E-state index in [1.807, 2.05) is 0 Å². The minimum Gasteiger partial charge on any atom is -0.352 e. The van der Waals surface area contributed by atoms with Gasteiger partial charge in [0, 0.05) is 41.2 Å². The monoisotopic (exact) mass is 529 g/mol. The van der Waals surface area contributed by atoms with Crippen LogP contribution in [0.1, 0.15) is 71.7 Å². The van der Waals surface area contributed by atoms with E-state index in [4.69, 9.17) is 23.2 Å². The molecule has 1 saturated carbocycles. The SMILES string of the molecule is C[C@H](C(=O)NC1CCCC1)N(Cc1c(Cl)cccc1Cl)C(=O)CCCN1C(=O)c2ccccc2C1=O. The first-order valence-corrected chi connectivity index (χ1v) is 13.0. The van der Waals surface area contributed by atoms with Crippen molar-refractivity contribution in [3.63, 3.8) is 0 Å². The Hall–Kier alpha value is -2.90. The van der Waals surface area contributed by atoms with E-state index in [2.05, 4.69) is 5.32 Å². The molecule has 190 valence electrons. The van der Waals surface area contributed by atoms with Crippen molar-refractivity contribution in [3.05, 3.63) is 69.2 Å². The molecule has 1 aliphatic heterocycles.